The molecule has 2 aromatic rings. The van der Waals surface area contributed by atoms with Gasteiger partial charge < -0.3 is 15.1 Å². The summed E-state index contributed by atoms with van der Waals surface area (Å²) in [4.78, 5) is 13.7. The van der Waals surface area contributed by atoms with Gasteiger partial charge in [0.15, 0.2) is 10.6 Å². The number of hydrogen-bond donors (Lipinski definition) is 3. The lowest BCUT2D eigenvalue weighted by Crippen LogP contribution is -1.83. The molecular weight excluding hydrogens is 272 g/mol. The summed E-state index contributed by atoms with van der Waals surface area (Å²) in [6.45, 7) is 0. The number of fused-ring (bicyclic) bond motifs is 1. The van der Waals surface area contributed by atoms with Crippen LogP contribution in [0.25, 0.3) is 11.6 Å². The minimum Gasteiger partial charge on any atom is -0.493 e. The largest absolute Gasteiger partial charge is 0.493 e. The van der Waals surface area contributed by atoms with Crippen LogP contribution in [0.3, 0.4) is 0 Å². The van der Waals surface area contributed by atoms with Crippen molar-refractivity contribution in [3.8, 4) is 5.88 Å². The standard InChI is InChI=1S/C11H7ClN4OS/c12-8-2-1-6-5(4-13-9(6)15-8)3-7-10(17)16-11(18)14-7/h1-4,17H,(H2,14,16,18)/b5-3+. The minimum absolute atomic E-state index is 0.00345. The fraction of sp³-hybridized carbons (Fsp3) is 0. The van der Waals surface area contributed by atoms with Gasteiger partial charge in [-0.2, -0.15) is 0 Å². The highest BCUT2D eigenvalue weighted by Gasteiger charge is 2.14. The zero-order chi connectivity index (χ0) is 12.7. The van der Waals surface area contributed by atoms with Gasteiger partial charge in [-0.05, 0) is 30.4 Å². The molecule has 0 bridgehead atoms. The molecule has 1 aliphatic heterocycles. The molecule has 7 heteroatoms. The maximum absolute atomic E-state index is 9.60. The first-order valence-corrected chi connectivity index (χ1v) is 5.86. The molecule has 5 nitrogen and oxygen atoms in total. The minimum atomic E-state index is -0.00345. The van der Waals surface area contributed by atoms with Crippen LogP contribution in [0, 0.1) is 4.77 Å². The lowest BCUT2D eigenvalue weighted by molar-refractivity contribution is 0.455. The van der Waals surface area contributed by atoms with Crippen molar-refractivity contribution in [3.63, 3.8) is 0 Å². The number of hydrogen-bond acceptors (Lipinski definition) is 4. The number of imidazole rings is 1. The molecule has 0 radical (unpaired) electrons. The van der Waals surface area contributed by atoms with Crippen molar-refractivity contribution in [2.45, 2.75) is 0 Å². The summed E-state index contributed by atoms with van der Waals surface area (Å²) in [5.74, 6) is 0.568. The predicted octanol–water partition coefficient (Wildman–Crippen LogP) is 3.08. The van der Waals surface area contributed by atoms with Gasteiger partial charge in [0.05, 0.1) is 0 Å². The number of nitrogens with one attached hydrogen (secondary N) is 2. The van der Waals surface area contributed by atoms with E-state index in [0.717, 1.165) is 11.1 Å². The molecular formula is C11H7ClN4OS. The van der Waals surface area contributed by atoms with Crippen LogP contribution >= 0.6 is 23.8 Å². The summed E-state index contributed by atoms with van der Waals surface area (Å²) in [7, 11) is 0. The maximum atomic E-state index is 9.60. The van der Waals surface area contributed by atoms with E-state index in [4.69, 9.17) is 23.8 Å². The van der Waals surface area contributed by atoms with E-state index in [-0.39, 0.29) is 5.88 Å². The van der Waals surface area contributed by atoms with Crippen LogP contribution in [0.2, 0.25) is 5.15 Å². The smallest absolute Gasteiger partial charge is 0.215 e. The quantitative estimate of drug-likeness (QED) is 0.554. The van der Waals surface area contributed by atoms with Crippen LogP contribution in [0.4, 0.5) is 5.82 Å². The molecule has 0 aromatic carbocycles. The van der Waals surface area contributed by atoms with Gasteiger partial charge in [0.1, 0.15) is 10.8 Å². The number of H-pyrrole nitrogens is 2. The molecule has 0 saturated heterocycles. The normalized spacial score (nSPS) is 15.3. The molecule has 0 fully saturated rings. The molecule has 0 aliphatic carbocycles. The van der Waals surface area contributed by atoms with Gasteiger partial charge >= 0.3 is 0 Å². The Morgan fingerprint density at radius 1 is 1.33 bits per heavy atom. The number of halogens is 1. The first-order chi connectivity index (χ1) is 8.63. The summed E-state index contributed by atoms with van der Waals surface area (Å²) in [6.07, 6.45) is 3.41. The van der Waals surface area contributed by atoms with Crippen molar-refractivity contribution in [1.29, 1.82) is 0 Å². The second-order valence-corrected chi connectivity index (χ2v) is 4.50. The van der Waals surface area contributed by atoms with Crippen molar-refractivity contribution in [3.05, 3.63) is 33.3 Å². The molecule has 0 spiro atoms. The van der Waals surface area contributed by atoms with E-state index in [1.807, 2.05) is 6.07 Å². The zero-order valence-corrected chi connectivity index (χ0v) is 10.5. The third-order valence-electron chi connectivity index (χ3n) is 2.51. The van der Waals surface area contributed by atoms with E-state index in [9.17, 15) is 5.11 Å². The van der Waals surface area contributed by atoms with Crippen LogP contribution in [-0.2, 0) is 0 Å². The summed E-state index contributed by atoms with van der Waals surface area (Å²) in [5.41, 5.74) is 2.19. The van der Waals surface area contributed by atoms with E-state index in [1.165, 1.54) is 0 Å². The second-order valence-electron chi connectivity index (χ2n) is 3.70. The monoisotopic (exact) mass is 278 g/mol. The number of nitrogens with zero attached hydrogens (tertiary/aromatic N) is 2. The average Bonchev–Trinajstić information content (AvgIpc) is 2.84. The number of aromatic nitrogens is 3. The number of aromatic hydroxyl groups is 1. The van der Waals surface area contributed by atoms with Crippen LogP contribution in [0.1, 0.15) is 11.3 Å². The SMILES string of the molecule is Oc1[nH]c(=S)[nH]c1/C=C1\C=Nc2nc(Cl)ccc21. The molecule has 3 heterocycles. The number of aromatic amines is 2. The maximum Gasteiger partial charge on any atom is 0.215 e. The van der Waals surface area contributed by atoms with Crippen LogP contribution in [0.15, 0.2) is 17.1 Å². The highest BCUT2D eigenvalue weighted by molar-refractivity contribution is 7.71. The van der Waals surface area contributed by atoms with Crippen LogP contribution < -0.4 is 0 Å². The van der Waals surface area contributed by atoms with Gasteiger partial charge in [0.25, 0.3) is 0 Å². The number of rotatable bonds is 1. The highest BCUT2D eigenvalue weighted by Crippen LogP contribution is 2.32. The van der Waals surface area contributed by atoms with Gasteiger partial charge in [-0.15, -0.1) is 0 Å². The van der Waals surface area contributed by atoms with E-state index >= 15 is 0 Å². The molecule has 0 saturated carbocycles. The zero-order valence-electron chi connectivity index (χ0n) is 8.94. The Hall–Kier alpha value is -1.92. The number of aliphatic imine (C=N–C) groups is 1. The molecule has 1 aliphatic rings. The van der Waals surface area contributed by atoms with Gasteiger partial charge in [-0.3, -0.25) is 0 Å². The summed E-state index contributed by atoms with van der Waals surface area (Å²) in [5, 5.41) is 10.0. The lowest BCUT2D eigenvalue weighted by atomic mass is 10.1. The summed E-state index contributed by atoms with van der Waals surface area (Å²) >= 11 is 10.7. The van der Waals surface area contributed by atoms with Crippen molar-refractivity contribution < 1.29 is 5.11 Å². The second kappa shape index (κ2) is 4.08. The third kappa shape index (κ3) is 1.85. The molecule has 90 valence electrons. The lowest BCUT2D eigenvalue weighted by Gasteiger charge is -1.98. The highest BCUT2D eigenvalue weighted by atomic mass is 35.5. The summed E-state index contributed by atoms with van der Waals surface area (Å²) in [6, 6.07) is 3.53. The fourth-order valence-electron chi connectivity index (χ4n) is 1.71. The van der Waals surface area contributed by atoms with Gasteiger partial charge in [-0.25, -0.2) is 9.98 Å². The van der Waals surface area contributed by atoms with Crippen molar-refractivity contribution >= 4 is 47.5 Å². The fourth-order valence-corrected chi connectivity index (χ4v) is 2.06. The molecule has 2 aromatic heterocycles. The first-order valence-electron chi connectivity index (χ1n) is 5.07. The predicted molar refractivity (Wildman–Crippen MR) is 72.9 cm³/mol. The average molecular weight is 279 g/mol. The Bertz CT molecular complexity index is 744. The number of allylic oxidation sites excluding steroid dienone is 1. The van der Waals surface area contributed by atoms with Gasteiger partial charge in [-0.1, -0.05) is 11.6 Å². The van der Waals surface area contributed by atoms with Crippen molar-refractivity contribution in [2.75, 3.05) is 0 Å². The first kappa shape index (κ1) is 11.2. The van der Waals surface area contributed by atoms with Gasteiger partial charge in [0, 0.05) is 17.4 Å². The molecule has 3 rings (SSSR count). The molecule has 0 atom stereocenters. The Labute approximate surface area is 112 Å². The molecule has 0 unspecified atom stereocenters. The molecule has 0 amide bonds. The van der Waals surface area contributed by atoms with E-state index in [2.05, 4.69) is 19.9 Å². The molecule has 18 heavy (non-hydrogen) atoms. The van der Waals surface area contributed by atoms with Crippen molar-refractivity contribution in [1.82, 2.24) is 15.0 Å². The topological polar surface area (TPSA) is 77.1 Å². The Morgan fingerprint density at radius 2 is 2.17 bits per heavy atom. The number of pyridine rings is 1. The van der Waals surface area contributed by atoms with Crippen LogP contribution in [-0.4, -0.2) is 26.3 Å². The summed E-state index contributed by atoms with van der Waals surface area (Å²) < 4.78 is 0.365. The third-order valence-corrected chi connectivity index (χ3v) is 2.93. The van der Waals surface area contributed by atoms with E-state index in [0.29, 0.717) is 21.4 Å². The Kier molecular flexibility index (Phi) is 2.53. The van der Waals surface area contributed by atoms with E-state index in [1.54, 1.807) is 18.4 Å². The molecule has 3 N–H and O–H groups in total. The Balaban J connectivity index is 2.09. The van der Waals surface area contributed by atoms with Crippen molar-refractivity contribution in [2.24, 2.45) is 4.99 Å². The van der Waals surface area contributed by atoms with Crippen LogP contribution in [0.5, 0.6) is 5.88 Å². The van der Waals surface area contributed by atoms with Gasteiger partial charge in [0.2, 0.25) is 5.88 Å². The van der Waals surface area contributed by atoms with E-state index < -0.39 is 0 Å². The Morgan fingerprint density at radius 3 is 2.89 bits per heavy atom.